The topological polar surface area (TPSA) is 12.5 Å². The highest BCUT2D eigenvalue weighted by atomic mass is 16.5. The molecule has 0 unspecified atom stereocenters. The first-order chi connectivity index (χ1) is 8.79. The fourth-order valence-electron chi connectivity index (χ4n) is 2.36. The average molecular weight is 245 g/mol. The van der Waals surface area contributed by atoms with E-state index in [1.807, 2.05) is 0 Å². The van der Waals surface area contributed by atoms with E-state index in [2.05, 4.69) is 49.1 Å². The molecule has 1 aliphatic rings. The van der Waals surface area contributed by atoms with Crippen LogP contribution in [0.4, 0.5) is 0 Å². The van der Waals surface area contributed by atoms with Gasteiger partial charge in [-0.1, -0.05) is 37.3 Å². The second-order valence-corrected chi connectivity index (χ2v) is 4.88. The lowest BCUT2D eigenvalue weighted by Gasteiger charge is -2.26. The summed E-state index contributed by atoms with van der Waals surface area (Å²) in [5, 5.41) is 0. The van der Waals surface area contributed by atoms with E-state index >= 15 is 0 Å². The van der Waals surface area contributed by atoms with Crippen molar-refractivity contribution in [1.29, 1.82) is 0 Å². The van der Waals surface area contributed by atoms with Gasteiger partial charge in [-0.2, -0.15) is 0 Å². The van der Waals surface area contributed by atoms with Crippen LogP contribution in [0.15, 0.2) is 30.3 Å². The summed E-state index contributed by atoms with van der Waals surface area (Å²) >= 11 is 0. The molecule has 1 aliphatic heterocycles. The second kappa shape index (κ2) is 6.72. The summed E-state index contributed by atoms with van der Waals surface area (Å²) in [5.41, 5.74) is 4.13. The first-order valence-electron chi connectivity index (χ1n) is 6.85. The molecule has 0 N–H and O–H groups in total. The highest BCUT2D eigenvalue weighted by molar-refractivity contribution is 5.64. The van der Waals surface area contributed by atoms with Crippen LogP contribution in [0, 0.1) is 0 Å². The number of allylic oxidation sites excluding steroid dienone is 2. The zero-order valence-electron chi connectivity index (χ0n) is 11.5. The fraction of sp³-hybridized carbons (Fsp3) is 0.500. The molecule has 0 spiro atoms. The Hall–Kier alpha value is -1.12. The maximum atomic E-state index is 5.38. The Morgan fingerprint density at radius 3 is 2.83 bits per heavy atom. The van der Waals surface area contributed by atoms with Crippen molar-refractivity contribution in [2.75, 3.05) is 26.3 Å². The van der Waals surface area contributed by atoms with Crippen molar-refractivity contribution in [1.82, 2.24) is 4.90 Å². The number of rotatable bonds is 4. The Labute approximate surface area is 110 Å². The molecule has 1 aromatic rings. The van der Waals surface area contributed by atoms with Crippen LogP contribution in [0.1, 0.15) is 31.4 Å². The molecule has 0 aromatic heterocycles. The Kier molecular flexibility index (Phi) is 4.97. The quantitative estimate of drug-likeness (QED) is 0.806. The van der Waals surface area contributed by atoms with E-state index in [0.717, 1.165) is 39.3 Å². The molecule has 0 saturated carbocycles. The van der Waals surface area contributed by atoms with E-state index in [1.165, 1.54) is 16.7 Å². The largest absolute Gasteiger partial charge is 0.379 e. The first-order valence-corrected chi connectivity index (χ1v) is 6.85. The van der Waals surface area contributed by atoms with Crippen LogP contribution in [-0.4, -0.2) is 31.2 Å². The summed E-state index contributed by atoms with van der Waals surface area (Å²) in [6, 6.07) is 8.90. The average Bonchev–Trinajstić information content (AvgIpc) is 2.40. The van der Waals surface area contributed by atoms with E-state index < -0.39 is 0 Å². The molecule has 0 radical (unpaired) electrons. The predicted octanol–water partition coefficient (Wildman–Crippen LogP) is 3.33. The van der Waals surface area contributed by atoms with Gasteiger partial charge in [0.05, 0.1) is 13.2 Å². The molecule has 2 rings (SSSR count). The van der Waals surface area contributed by atoms with Gasteiger partial charge in [0.2, 0.25) is 0 Å². The van der Waals surface area contributed by atoms with Crippen molar-refractivity contribution >= 4 is 5.57 Å². The van der Waals surface area contributed by atoms with E-state index in [9.17, 15) is 0 Å². The summed E-state index contributed by atoms with van der Waals surface area (Å²) in [4.78, 5) is 2.46. The van der Waals surface area contributed by atoms with Crippen LogP contribution in [0.2, 0.25) is 0 Å². The minimum Gasteiger partial charge on any atom is -0.379 e. The Morgan fingerprint density at radius 1 is 1.33 bits per heavy atom. The molecule has 1 aromatic carbocycles. The lowest BCUT2D eigenvalue weighted by Crippen LogP contribution is -2.35. The SMILES string of the molecule is CC/C=C(\C)c1cccc(CN2CCOCC2)c1. The summed E-state index contributed by atoms with van der Waals surface area (Å²) in [7, 11) is 0. The number of nitrogens with zero attached hydrogens (tertiary/aromatic N) is 1. The van der Waals surface area contributed by atoms with Crippen molar-refractivity contribution in [2.24, 2.45) is 0 Å². The van der Waals surface area contributed by atoms with Gasteiger partial charge in [-0.25, -0.2) is 0 Å². The Morgan fingerprint density at radius 2 is 2.11 bits per heavy atom. The van der Waals surface area contributed by atoms with Gasteiger partial charge in [0.15, 0.2) is 0 Å². The number of benzene rings is 1. The third kappa shape index (κ3) is 3.69. The molecule has 18 heavy (non-hydrogen) atoms. The van der Waals surface area contributed by atoms with Crippen molar-refractivity contribution in [3.05, 3.63) is 41.5 Å². The number of hydrogen-bond donors (Lipinski definition) is 0. The van der Waals surface area contributed by atoms with Crippen molar-refractivity contribution in [3.8, 4) is 0 Å². The number of ether oxygens (including phenoxy) is 1. The molecule has 0 aliphatic carbocycles. The van der Waals surface area contributed by atoms with Crippen LogP contribution in [0.3, 0.4) is 0 Å². The zero-order chi connectivity index (χ0) is 12.8. The third-order valence-corrected chi connectivity index (χ3v) is 3.40. The molecule has 2 nitrogen and oxygen atoms in total. The molecule has 1 heterocycles. The summed E-state index contributed by atoms with van der Waals surface area (Å²) in [6.07, 6.45) is 3.38. The fourth-order valence-corrected chi connectivity index (χ4v) is 2.36. The van der Waals surface area contributed by atoms with Crippen LogP contribution in [-0.2, 0) is 11.3 Å². The Bertz CT molecular complexity index is 405. The summed E-state index contributed by atoms with van der Waals surface area (Å²) < 4.78 is 5.38. The van der Waals surface area contributed by atoms with Gasteiger partial charge in [-0.15, -0.1) is 0 Å². The molecule has 1 saturated heterocycles. The van der Waals surface area contributed by atoms with Crippen LogP contribution in [0.5, 0.6) is 0 Å². The maximum Gasteiger partial charge on any atom is 0.0594 e. The van der Waals surface area contributed by atoms with Crippen LogP contribution >= 0.6 is 0 Å². The van der Waals surface area contributed by atoms with Gasteiger partial charge >= 0.3 is 0 Å². The monoisotopic (exact) mass is 245 g/mol. The molecule has 2 heteroatoms. The third-order valence-electron chi connectivity index (χ3n) is 3.40. The highest BCUT2D eigenvalue weighted by Gasteiger charge is 2.10. The maximum absolute atomic E-state index is 5.38. The molecular weight excluding hydrogens is 222 g/mol. The molecule has 0 amide bonds. The second-order valence-electron chi connectivity index (χ2n) is 4.88. The zero-order valence-corrected chi connectivity index (χ0v) is 11.5. The van der Waals surface area contributed by atoms with Gasteiger partial charge in [-0.3, -0.25) is 4.90 Å². The minimum absolute atomic E-state index is 0.869. The van der Waals surface area contributed by atoms with E-state index in [1.54, 1.807) is 0 Å². The number of hydrogen-bond acceptors (Lipinski definition) is 2. The van der Waals surface area contributed by atoms with Crippen molar-refractivity contribution in [3.63, 3.8) is 0 Å². The minimum atomic E-state index is 0.869. The van der Waals surface area contributed by atoms with Gasteiger partial charge in [0, 0.05) is 19.6 Å². The van der Waals surface area contributed by atoms with E-state index in [-0.39, 0.29) is 0 Å². The normalized spacial score (nSPS) is 18.0. The summed E-state index contributed by atoms with van der Waals surface area (Å²) in [5.74, 6) is 0. The van der Waals surface area contributed by atoms with Gasteiger partial charge in [-0.05, 0) is 30.0 Å². The molecule has 0 bridgehead atoms. The lowest BCUT2D eigenvalue weighted by atomic mass is 10.0. The first kappa shape index (κ1) is 13.3. The van der Waals surface area contributed by atoms with Gasteiger partial charge in [0.25, 0.3) is 0 Å². The Balaban J connectivity index is 2.04. The van der Waals surface area contributed by atoms with Gasteiger partial charge in [0.1, 0.15) is 0 Å². The van der Waals surface area contributed by atoms with Crippen LogP contribution < -0.4 is 0 Å². The lowest BCUT2D eigenvalue weighted by molar-refractivity contribution is 0.0342. The van der Waals surface area contributed by atoms with Gasteiger partial charge < -0.3 is 4.74 Å². The summed E-state index contributed by atoms with van der Waals surface area (Å²) in [6.45, 7) is 9.25. The molecule has 1 fully saturated rings. The van der Waals surface area contributed by atoms with Crippen molar-refractivity contribution in [2.45, 2.75) is 26.8 Å². The predicted molar refractivity (Wildman–Crippen MR) is 76.5 cm³/mol. The van der Waals surface area contributed by atoms with Crippen LogP contribution in [0.25, 0.3) is 5.57 Å². The highest BCUT2D eigenvalue weighted by Crippen LogP contribution is 2.17. The number of morpholine rings is 1. The van der Waals surface area contributed by atoms with E-state index in [4.69, 9.17) is 4.74 Å². The molecule has 0 atom stereocenters. The van der Waals surface area contributed by atoms with Crippen molar-refractivity contribution < 1.29 is 4.74 Å². The molecular formula is C16H23NO. The standard InChI is InChI=1S/C16H23NO/c1-3-5-14(2)16-7-4-6-15(12-16)13-17-8-10-18-11-9-17/h4-7,12H,3,8-11,13H2,1-2H3/b14-5+. The van der Waals surface area contributed by atoms with E-state index in [0.29, 0.717) is 0 Å². The molecule has 98 valence electrons. The smallest absolute Gasteiger partial charge is 0.0594 e.